The summed E-state index contributed by atoms with van der Waals surface area (Å²) >= 11 is 0. The Labute approximate surface area is 119 Å². The van der Waals surface area contributed by atoms with Crippen LogP contribution in [0.5, 0.6) is 0 Å². The molecule has 2 aromatic carbocycles. The zero-order valence-electron chi connectivity index (χ0n) is 10.6. The van der Waals surface area contributed by atoms with Crippen molar-refractivity contribution in [1.82, 2.24) is 0 Å². The average Bonchev–Trinajstić information content (AvgIpc) is 2.42. The number of hydrogen-bond acceptors (Lipinski definition) is 3. The summed E-state index contributed by atoms with van der Waals surface area (Å²) in [5.74, 6) is -3.31. The monoisotopic (exact) mass is 316 g/mol. The topological polar surface area (TPSA) is 72.2 Å². The molecule has 0 saturated carbocycles. The molecule has 4 nitrogen and oxygen atoms in total. The molecule has 0 aliphatic heterocycles. The normalized spacial score (nSPS) is 11.4. The number of anilines is 1. The minimum absolute atomic E-state index is 0.0633. The lowest BCUT2D eigenvalue weighted by molar-refractivity contribution is 0.509. The van der Waals surface area contributed by atoms with E-state index in [4.69, 9.17) is 5.73 Å². The molecule has 3 N–H and O–H groups in total. The van der Waals surface area contributed by atoms with Gasteiger partial charge in [-0.2, -0.15) is 0 Å². The van der Waals surface area contributed by atoms with Gasteiger partial charge in [0.05, 0.1) is 5.69 Å². The van der Waals surface area contributed by atoms with Gasteiger partial charge in [-0.15, -0.1) is 0 Å². The molecule has 0 aliphatic carbocycles. The number of halogens is 3. The third kappa shape index (κ3) is 3.34. The van der Waals surface area contributed by atoms with Crippen molar-refractivity contribution < 1.29 is 21.6 Å². The SMILES string of the molecule is NCc1ccc(S(=O)(=O)Nc2ccc(F)c(F)c2)c(F)c1. The first kappa shape index (κ1) is 15.3. The first-order valence-electron chi connectivity index (χ1n) is 5.80. The first-order chi connectivity index (χ1) is 9.83. The van der Waals surface area contributed by atoms with Crippen molar-refractivity contribution in [2.75, 3.05) is 4.72 Å². The second kappa shape index (κ2) is 5.74. The van der Waals surface area contributed by atoms with Crippen LogP contribution >= 0.6 is 0 Å². The summed E-state index contributed by atoms with van der Waals surface area (Å²) in [6.07, 6.45) is 0. The predicted molar refractivity (Wildman–Crippen MR) is 71.5 cm³/mol. The van der Waals surface area contributed by atoms with Gasteiger partial charge in [-0.05, 0) is 29.8 Å². The van der Waals surface area contributed by atoms with Crippen molar-refractivity contribution in [2.45, 2.75) is 11.4 Å². The minimum Gasteiger partial charge on any atom is -0.326 e. The fourth-order valence-electron chi connectivity index (χ4n) is 1.66. The van der Waals surface area contributed by atoms with Crippen molar-refractivity contribution in [3.63, 3.8) is 0 Å². The van der Waals surface area contributed by atoms with E-state index < -0.39 is 32.4 Å². The fourth-order valence-corrected chi connectivity index (χ4v) is 2.77. The Morgan fingerprint density at radius 3 is 2.24 bits per heavy atom. The summed E-state index contributed by atoms with van der Waals surface area (Å²) in [7, 11) is -4.25. The number of nitrogens with two attached hydrogens (primary N) is 1. The van der Waals surface area contributed by atoms with Crippen LogP contribution in [-0.2, 0) is 16.6 Å². The van der Waals surface area contributed by atoms with E-state index in [1.165, 1.54) is 6.07 Å². The molecule has 8 heteroatoms. The Bertz CT molecular complexity index is 779. The van der Waals surface area contributed by atoms with Gasteiger partial charge in [0.25, 0.3) is 10.0 Å². The molecular weight excluding hydrogens is 305 g/mol. The van der Waals surface area contributed by atoms with E-state index in [1.54, 1.807) is 0 Å². The molecule has 0 bridgehead atoms. The highest BCUT2D eigenvalue weighted by Crippen LogP contribution is 2.21. The third-order valence-electron chi connectivity index (χ3n) is 2.69. The molecule has 0 atom stereocenters. The lowest BCUT2D eigenvalue weighted by atomic mass is 10.2. The van der Waals surface area contributed by atoms with Crippen LogP contribution in [0.3, 0.4) is 0 Å². The van der Waals surface area contributed by atoms with Gasteiger partial charge in [0.15, 0.2) is 11.6 Å². The highest BCUT2D eigenvalue weighted by atomic mass is 32.2. The smallest absolute Gasteiger partial charge is 0.264 e. The van der Waals surface area contributed by atoms with Gasteiger partial charge in [0.1, 0.15) is 10.7 Å². The van der Waals surface area contributed by atoms with Gasteiger partial charge in [0.2, 0.25) is 0 Å². The van der Waals surface area contributed by atoms with E-state index in [-0.39, 0.29) is 12.2 Å². The lowest BCUT2D eigenvalue weighted by Gasteiger charge is -2.10. The van der Waals surface area contributed by atoms with Gasteiger partial charge in [-0.25, -0.2) is 21.6 Å². The summed E-state index contributed by atoms with van der Waals surface area (Å²) in [6, 6.07) is 5.88. The molecule has 2 aromatic rings. The Kier molecular flexibility index (Phi) is 4.19. The van der Waals surface area contributed by atoms with E-state index in [2.05, 4.69) is 0 Å². The molecule has 0 spiro atoms. The van der Waals surface area contributed by atoms with Crippen LogP contribution in [-0.4, -0.2) is 8.42 Å². The van der Waals surface area contributed by atoms with Crippen LogP contribution in [0.2, 0.25) is 0 Å². The number of sulfonamides is 1. The van der Waals surface area contributed by atoms with E-state index in [9.17, 15) is 21.6 Å². The Morgan fingerprint density at radius 2 is 1.67 bits per heavy atom. The summed E-state index contributed by atoms with van der Waals surface area (Å²) in [4.78, 5) is -0.607. The van der Waals surface area contributed by atoms with Gasteiger partial charge in [-0.3, -0.25) is 4.72 Å². The standard InChI is InChI=1S/C13H11F3N2O2S/c14-10-3-2-9(6-11(10)15)18-21(19,20)13-4-1-8(7-17)5-12(13)16/h1-6,18H,7,17H2. The zero-order valence-corrected chi connectivity index (χ0v) is 11.4. The van der Waals surface area contributed by atoms with Crippen molar-refractivity contribution in [2.24, 2.45) is 5.73 Å². The lowest BCUT2D eigenvalue weighted by Crippen LogP contribution is -2.15. The Balaban J connectivity index is 2.36. The molecular formula is C13H11F3N2O2S. The second-order valence-corrected chi connectivity index (χ2v) is 5.85. The maximum Gasteiger partial charge on any atom is 0.264 e. The van der Waals surface area contributed by atoms with Crippen LogP contribution in [0.25, 0.3) is 0 Å². The highest BCUT2D eigenvalue weighted by molar-refractivity contribution is 7.92. The van der Waals surface area contributed by atoms with E-state index in [0.717, 1.165) is 24.3 Å². The number of rotatable bonds is 4. The first-order valence-corrected chi connectivity index (χ1v) is 7.28. The van der Waals surface area contributed by atoms with Gasteiger partial charge in [0, 0.05) is 12.6 Å². The summed E-state index contributed by atoms with van der Waals surface area (Å²) in [5, 5.41) is 0. The molecule has 0 fully saturated rings. The Morgan fingerprint density at radius 1 is 0.952 bits per heavy atom. The van der Waals surface area contributed by atoms with Crippen molar-refractivity contribution in [1.29, 1.82) is 0 Å². The van der Waals surface area contributed by atoms with Crippen LogP contribution in [0.15, 0.2) is 41.3 Å². The second-order valence-electron chi connectivity index (χ2n) is 4.20. The Hall–Kier alpha value is -2.06. The van der Waals surface area contributed by atoms with Crippen molar-refractivity contribution in [3.8, 4) is 0 Å². The molecule has 112 valence electrons. The largest absolute Gasteiger partial charge is 0.326 e. The predicted octanol–water partition coefficient (Wildman–Crippen LogP) is 2.36. The van der Waals surface area contributed by atoms with Crippen molar-refractivity contribution >= 4 is 15.7 Å². The summed E-state index contributed by atoms with van der Waals surface area (Å²) in [5.41, 5.74) is 5.54. The maximum atomic E-state index is 13.8. The summed E-state index contributed by atoms with van der Waals surface area (Å²) < 4.78 is 65.6. The van der Waals surface area contributed by atoms with Crippen molar-refractivity contribution in [3.05, 3.63) is 59.4 Å². The zero-order chi connectivity index (χ0) is 15.6. The summed E-state index contributed by atoms with van der Waals surface area (Å²) in [6.45, 7) is 0.0633. The minimum atomic E-state index is -4.25. The van der Waals surface area contributed by atoms with Crippen LogP contribution < -0.4 is 10.5 Å². The number of benzene rings is 2. The highest BCUT2D eigenvalue weighted by Gasteiger charge is 2.20. The molecule has 0 heterocycles. The molecule has 2 rings (SSSR count). The van der Waals surface area contributed by atoms with E-state index in [1.807, 2.05) is 4.72 Å². The van der Waals surface area contributed by atoms with Crippen LogP contribution in [0.4, 0.5) is 18.9 Å². The average molecular weight is 316 g/mol. The molecule has 21 heavy (non-hydrogen) atoms. The van der Waals surface area contributed by atoms with E-state index in [0.29, 0.717) is 11.6 Å². The molecule has 0 unspecified atom stereocenters. The molecule has 0 aliphatic rings. The van der Waals surface area contributed by atoms with Crippen LogP contribution in [0, 0.1) is 17.5 Å². The quantitative estimate of drug-likeness (QED) is 0.909. The fraction of sp³-hybridized carbons (Fsp3) is 0.0769. The number of hydrogen-bond donors (Lipinski definition) is 2. The number of nitrogens with one attached hydrogen (secondary N) is 1. The van der Waals surface area contributed by atoms with Gasteiger partial charge in [-0.1, -0.05) is 6.07 Å². The van der Waals surface area contributed by atoms with Gasteiger partial charge >= 0.3 is 0 Å². The van der Waals surface area contributed by atoms with Gasteiger partial charge < -0.3 is 5.73 Å². The maximum absolute atomic E-state index is 13.8. The molecule has 0 aromatic heterocycles. The van der Waals surface area contributed by atoms with E-state index >= 15 is 0 Å². The van der Waals surface area contributed by atoms with Crippen LogP contribution in [0.1, 0.15) is 5.56 Å². The molecule has 0 amide bonds. The third-order valence-corrected chi connectivity index (χ3v) is 4.11. The molecule has 0 saturated heterocycles. The molecule has 0 radical (unpaired) electrons.